The minimum Gasteiger partial charge on any atom is -0.335 e. The molecule has 0 saturated carbocycles. The van der Waals surface area contributed by atoms with Gasteiger partial charge >= 0.3 is 0 Å². The number of amides is 2. The first-order valence-electron chi connectivity index (χ1n) is 8.76. The number of benzene rings is 1. The molecular formula is C20H23N3O2. The van der Waals surface area contributed by atoms with Crippen molar-refractivity contribution in [3.8, 4) is 0 Å². The third-order valence-electron chi connectivity index (χ3n) is 4.52. The van der Waals surface area contributed by atoms with Gasteiger partial charge in [-0.3, -0.25) is 14.6 Å². The Morgan fingerprint density at radius 1 is 0.840 bits per heavy atom. The maximum absolute atomic E-state index is 12.6. The summed E-state index contributed by atoms with van der Waals surface area (Å²) in [5, 5.41) is 0. The van der Waals surface area contributed by atoms with Crippen LogP contribution in [0.4, 0.5) is 0 Å². The van der Waals surface area contributed by atoms with Crippen molar-refractivity contribution in [3.63, 3.8) is 0 Å². The SMILES string of the molecule is CCCc1ccc(C(=O)N2CCN(C(=O)c3ccncc3)CC2)cc1. The van der Waals surface area contributed by atoms with Crippen LogP contribution in [0, 0.1) is 0 Å². The molecule has 1 aromatic carbocycles. The summed E-state index contributed by atoms with van der Waals surface area (Å²) in [5.41, 5.74) is 2.61. The molecule has 1 aromatic heterocycles. The molecule has 130 valence electrons. The molecule has 2 amide bonds. The van der Waals surface area contributed by atoms with Crippen molar-refractivity contribution in [2.75, 3.05) is 26.2 Å². The van der Waals surface area contributed by atoms with Crippen molar-refractivity contribution >= 4 is 11.8 Å². The van der Waals surface area contributed by atoms with E-state index in [0.29, 0.717) is 37.3 Å². The summed E-state index contributed by atoms with van der Waals surface area (Å²) in [6.07, 6.45) is 5.37. The second-order valence-corrected chi connectivity index (χ2v) is 6.27. The largest absolute Gasteiger partial charge is 0.335 e. The fraction of sp³-hybridized carbons (Fsp3) is 0.350. The van der Waals surface area contributed by atoms with Crippen LogP contribution < -0.4 is 0 Å². The highest BCUT2D eigenvalue weighted by Gasteiger charge is 2.25. The van der Waals surface area contributed by atoms with E-state index >= 15 is 0 Å². The van der Waals surface area contributed by atoms with Crippen LogP contribution in [0.25, 0.3) is 0 Å². The summed E-state index contributed by atoms with van der Waals surface area (Å²) in [4.78, 5) is 32.6. The number of hydrogen-bond acceptors (Lipinski definition) is 3. The van der Waals surface area contributed by atoms with Gasteiger partial charge in [-0.2, -0.15) is 0 Å². The van der Waals surface area contributed by atoms with Crippen LogP contribution >= 0.6 is 0 Å². The molecule has 3 rings (SSSR count). The minimum atomic E-state index is -0.00147. The first kappa shape index (κ1) is 17.1. The van der Waals surface area contributed by atoms with Crippen LogP contribution in [0.5, 0.6) is 0 Å². The molecule has 5 heteroatoms. The monoisotopic (exact) mass is 337 g/mol. The van der Waals surface area contributed by atoms with Gasteiger partial charge in [0.2, 0.25) is 0 Å². The lowest BCUT2D eigenvalue weighted by Crippen LogP contribution is -2.50. The Balaban J connectivity index is 1.58. The van der Waals surface area contributed by atoms with Crippen LogP contribution in [0.3, 0.4) is 0 Å². The maximum atomic E-state index is 12.6. The molecule has 1 aliphatic heterocycles. The van der Waals surface area contributed by atoms with Crippen molar-refractivity contribution in [2.24, 2.45) is 0 Å². The van der Waals surface area contributed by atoms with Gasteiger partial charge in [-0.05, 0) is 36.2 Å². The molecule has 0 aliphatic carbocycles. The smallest absolute Gasteiger partial charge is 0.254 e. The quantitative estimate of drug-likeness (QED) is 0.862. The summed E-state index contributed by atoms with van der Waals surface area (Å²) in [6, 6.07) is 11.3. The average Bonchev–Trinajstić information content (AvgIpc) is 2.68. The number of piperazine rings is 1. The number of hydrogen-bond donors (Lipinski definition) is 0. The molecule has 0 spiro atoms. The number of carbonyl (C=O) groups is 2. The van der Waals surface area contributed by atoms with Gasteiger partial charge < -0.3 is 9.80 Å². The van der Waals surface area contributed by atoms with Crippen LogP contribution in [0.15, 0.2) is 48.8 Å². The Morgan fingerprint density at radius 3 is 1.80 bits per heavy atom. The van der Waals surface area contributed by atoms with E-state index in [4.69, 9.17) is 0 Å². The molecule has 0 N–H and O–H groups in total. The van der Waals surface area contributed by atoms with Gasteiger partial charge in [-0.25, -0.2) is 0 Å². The average molecular weight is 337 g/mol. The number of nitrogens with zero attached hydrogens (tertiary/aromatic N) is 3. The van der Waals surface area contributed by atoms with Gasteiger partial charge in [0.15, 0.2) is 0 Å². The predicted octanol–water partition coefficient (Wildman–Crippen LogP) is 2.63. The second kappa shape index (κ2) is 7.92. The lowest BCUT2D eigenvalue weighted by Gasteiger charge is -2.34. The van der Waals surface area contributed by atoms with Crippen molar-refractivity contribution in [1.29, 1.82) is 0 Å². The maximum Gasteiger partial charge on any atom is 0.254 e. The first-order chi connectivity index (χ1) is 12.2. The molecule has 1 fully saturated rings. The van der Waals surface area contributed by atoms with Crippen LogP contribution in [0.1, 0.15) is 39.6 Å². The molecular weight excluding hydrogens is 314 g/mol. The van der Waals surface area contributed by atoms with Crippen molar-refractivity contribution < 1.29 is 9.59 Å². The molecule has 0 atom stereocenters. The third kappa shape index (κ3) is 4.05. The Kier molecular flexibility index (Phi) is 5.43. The second-order valence-electron chi connectivity index (χ2n) is 6.27. The molecule has 0 unspecified atom stereocenters. The Hall–Kier alpha value is -2.69. The zero-order valence-electron chi connectivity index (χ0n) is 14.5. The van der Waals surface area contributed by atoms with Gasteiger partial charge in [-0.15, -0.1) is 0 Å². The summed E-state index contributed by atoms with van der Waals surface area (Å²) in [6.45, 7) is 4.38. The standard InChI is InChI=1S/C20H23N3O2/c1-2-3-16-4-6-17(7-5-16)19(24)22-12-14-23(15-13-22)20(25)18-8-10-21-11-9-18/h4-11H,2-3,12-15H2,1H3. The van der Waals surface area contributed by atoms with Gasteiger partial charge in [-0.1, -0.05) is 25.5 Å². The Labute approximate surface area is 148 Å². The Bertz CT molecular complexity index is 720. The summed E-state index contributed by atoms with van der Waals surface area (Å²) in [5.74, 6) is 0.0393. The molecule has 0 radical (unpaired) electrons. The van der Waals surface area contributed by atoms with Crippen molar-refractivity contribution in [2.45, 2.75) is 19.8 Å². The van der Waals surface area contributed by atoms with Crippen LogP contribution in [-0.2, 0) is 6.42 Å². The number of aromatic nitrogens is 1. The zero-order valence-corrected chi connectivity index (χ0v) is 14.5. The zero-order chi connectivity index (χ0) is 17.6. The highest BCUT2D eigenvalue weighted by Crippen LogP contribution is 2.13. The molecule has 5 nitrogen and oxygen atoms in total. The van der Waals surface area contributed by atoms with E-state index in [1.165, 1.54) is 5.56 Å². The van der Waals surface area contributed by atoms with Crippen molar-refractivity contribution in [1.82, 2.24) is 14.8 Å². The van der Waals surface area contributed by atoms with Gasteiger partial charge in [0, 0.05) is 49.7 Å². The molecule has 2 heterocycles. The fourth-order valence-electron chi connectivity index (χ4n) is 3.07. The van der Waals surface area contributed by atoms with E-state index in [2.05, 4.69) is 11.9 Å². The topological polar surface area (TPSA) is 53.5 Å². The lowest BCUT2D eigenvalue weighted by molar-refractivity contribution is 0.0535. The highest BCUT2D eigenvalue weighted by atomic mass is 16.2. The normalized spacial score (nSPS) is 14.4. The van der Waals surface area contributed by atoms with E-state index in [-0.39, 0.29) is 11.8 Å². The van der Waals surface area contributed by atoms with Crippen molar-refractivity contribution in [3.05, 3.63) is 65.5 Å². The predicted molar refractivity (Wildman–Crippen MR) is 96.5 cm³/mol. The van der Waals surface area contributed by atoms with E-state index in [9.17, 15) is 9.59 Å². The first-order valence-corrected chi connectivity index (χ1v) is 8.76. The molecule has 1 saturated heterocycles. The van der Waals surface area contributed by atoms with Crippen LogP contribution in [-0.4, -0.2) is 52.8 Å². The molecule has 2 aromatic rings. The number of pyridine rings is 1. The summed E-state index contributed by atoms with van der Waals surface area (Å²) < 4.78 is 0. The fourth-order valence-corrected chi connectivity index (χ4v) is 3.07. The third-order valence-corrected chi connectivity index (χ3v) is 4.52. The van der Waals surface area contributed by atoms with E-state index in [0.717, 1.165) is 12.8 Å². The summed E-state index contributed by atoms with van der Waals surface area (Å²) >= 11 is 0. The van der Waals surface area contributed by atoms with Crippen LogP contribution in [0.2, 0.25) is 0 Å². The Morgan fingerprint density at radius 2 is 1.32 bits per heavy atom. The van der Waals surface area contributed by atoms with Gasteiger partial charge in [0.1, 0.15) is 0 Å². The van der Waals surface area contributed by atoms with E-state index < -0.39 is 0 Å². The summed E-state index contributed by atoms with van der Waals surface area (Å²) in [7, 11) is 0. The minimum absolute atomic E-state index is 0.00147. The highest BCUT2D eigenvalue weighted by molar-refractivity contribution is 5.95. The van der Waals surface area contributed by atoms with Gasteiger partial charge in [0.25, 0.3) is 11.8 Å². The number of rotatable bonds is 4. The lowest BCUT2D eigenvalue weighted by atomic mass is 10.1. The number of aryl methyl sites for hydroxylation is 1. The molecule has 0 bridgehead atoms. The molecule has 25 heavy (non-hydrogen) atoms. The van der Waals surface area contributed by atoms with E-state index in [1.807, 2.05) is 29.2 Å². The van der Waals surface area contributed by atoms with E-state index in [1.54, 1.807) is 29.4 Å². The van der Waals surface area contributed by atoms with Gasteiger partial charge in [0.05, 0.1) is 0 Å². The molecule has 1 aliphatic rings. The number of carbonyl (C=O) groups excluding carboxylic acids is 2.